The summed E-state index contributed by atoms with van der Waals surface area (Å²) < 4.78 is 10.5. The monoisotopic (exact) mass is 315 g/mol. The number of benzene rings is 1. The van der Waals surface area contributed by atoms with Gasteiger partial charge < -0.3 is 14.8 Å². The van der Waals surface area contributed by atoms with Crippen molar-refractivity contribution < 1.29 is 14.3 Å². The molecule has 0 bridgehead atoms. The lowest BCUT2D eigenvalue weighted by Crippen LogP contribution is -2.18. The Hall–Kier alpha value is -2.63. The van der Waals surface area contributed by atoms with Crippen LogP contribution in [0.5, 0.6) is 11.5 Å². The molecule has 0 aliphatic heterocycles. The number of carbonyl (C=O) groups is 1. The molecule has 0 radical (unpaired) electrons. The van der Waals surface area contributed by atoms with Crippen LogP contribution >= 0.6 is 0 Å². The van der Waals surface area contributed by atoms with Gasteiger partial charge in [-0.05, 0) is 24.3 Å². The third-order valence-electron chi connectivity index (χ3n) is 3.33. The number of rotatable bonds is 4. The van der Waals surface area contributed by atoms with Gasteiger partial charge in [0.1, 0.15) is 17.1 Å². The summed E-state index contributed by atoms with van der Waals surface area (Å²) in [6, 6.07) is 8.74. The third kappa shape index (κ3) is 3.77. The Kier molecular flexibility index (Phi) is 4.83. The Morgan fingerprint density at radius 1 is 1.00 bits per heavy atom. The largest absolute Gasteiger partial charge is 0.496 e. The summed E-state index contributed by atoms with van der Waals surface area (Å²) in [6.45, 7) is 6.15. The number of methoxy groups -OCH3 is 2. The SMILES string of the molecule is COc1cccc(OC)c1C(=O)Nc1ccc(C(C)(C)C)nn1. The normalized spacial score (nSPS) is 11.0. The second kappa shape index (κ2) is 6.64. The Balaban J connectivity index is 2.26. The van der Waals surface area contributed by atoms with Gasteiger partial charge >= 0.3 is 0 Å². The quantitative estimate of drug-likeness (QED) is 0.938. The van der Waals surface area contributed by atoms with Crippen molar-refractivity contribution in [3.8, 4) is 11.5 Å². The van der Waals surface area contributed by atoms with Crippen LogP contribution in [0.25, 0.3) is 0 Å². The molecule has 0 atom stereocenters. The molecule has 2 aromatic rings. The zero-order valence-corrected chi connectivity index (χ0v) is 14.0. The van der Waals surface area contributed by atoms with Gasteiger partial charge in [0.25, 0.3) is 5.91 Å². The Labute approximate surface area is 135 Å². The van der Waals surface area contributed by atoms with Crippen molar-refractivity contribution in [2.45, 2.75) is 26.2 Å². The van der Waals surface area contributed by atoms with E-state index in [-0.39, 0.29) is 11.3 Å². The molecule has 1 amide bonds. The van der Waals surface area contributed by atoms with Gasteiger partial charge in [0.2, 0.25) is 0 Å². The molecular weight excluding hydrogens is 294 g/mol. The number of ether oxygens (including phenoxy) is 2. The van der Waals surface area contributed by atoms with E-state index >= 15 is 0 Å². The molecular formula is C17H21N3O3. The van der Waals surface area contributed by atoms with E-state index in [9.17, 15) is 4.79 Å². The highest BCUT2D eigenvalue weighted by molar-refractivity contribution is 6.07. The van der Waals surface area contributed by atoms with Crippen LogP contribution in [0.15, 0.2) is 30.3 Å². The fourth-order valence-electron chi connectivity index (χ4n) is 2.05. The van der Waals surface area contributed by atoms with Gasteiger partial charge in [-0.3, -0.25) is 4.79 Å². The first-order valence-electron chi connectivity index (χ1n) is 7.23. The van der Waals surface area contributed by atoms with Gasteiger partial charge in [0.15, 0.2) is 5.82 Å². The van der Waals surface area contributed by atoms with Crippen molar-refractivity contribution in [1.82, 2.24) is 10.2 Å². The highest BCUT2D eigenvalue weighted by Crippen LogP contribution is 2.29. The topological polar surface area (TPSA) is 73.3 Å². The summed E-state index contributed by atoms with van der Waals surface area (Å²) in [5, 5.41) is 10.9. The molecule has 122 valence electrons. The van der Waals surface area contributed by atoms with Crippen molar-refractivity contribution in [2.24, 2.45) is 0 Å². The number of amides is 1. The minimum Gasteiger partial charge on any atom is -0.496 e. The molecule has 6 nitrogen and oxygen atoms in total. The number of nitrogens with zero attached hydrogens (tertiary/aromatic N) is 2. The minimum atomic E-state index is -0.364. The predicted octanol–water partition coefficient (Wildman–Crippen LogP) is 3.04. The number of nitrogens with one attached hydrogen (secondary N) is 1. The lowest BCUT2D eigenvalue weighted by Gasteiger charge is -2.17. The van der Waals surface area contributed by atoms with Crippen LogP contribution in [0.1, 0.15) is 36.8 Å². The molecule has 0 unspecified atom stereocenters. The molecule has 1 aromatic carbocycles. The lowest BCUT2D eigenvalue weighted by molar-refractivity contribution is 0.102. The number of aromatic nitrogens is 2. The van der Waals surface area contributed by atoms with Gasteiger partial charge in [-0.15, -0.1) is 5.10 Å². The average Bonchev–Trinajstić information content (AvgIpc) is 2.53. The molecule has 0 spiro atoms. The van der Waals surface area contributed by atoms with E-state index in [1.165, 1.54) is 14.2 Å². The van der Waals surface area contributed by atoms with Crippen LogP contribution in [0, 0.1) is 0 Å². The van der Waals surface area contributed by atoms with Crippen LogP contribution in [0.2, 0.25) is 0 Å². The van der Waals surface area contributed by atoms with Crippen LogP contribution in [0.4, 0.5) is 5.82 Å². The average molecular weight is 315 g/mol. The van der Waals surface area contributed by atoms with E-state index in [1.807, 2.05) is 6.07 Å². The first-order valence-corrected chi connectivity index (χ1v) is 7.23. The van der Waals surface area contributed by atoms with E-state index in [0.29, 0.717) is 22.9 Å². The van der Waals surface area contributed by atoms with Gasteiger partial charge in [0, 0.05) is 5.41 Å². The highest BCUT2D eigenvalue weighted by atomic mass is 16.5. The molecule has 0 fully saturated rings. The first kappa shape index (κ1) is 16.7. The molecule has 0 saturated heterocycles. The van der Waals surface area contributed by atoms with Gasteiger partial charge in [-0.2, -0.15) is 5.10 Å². The Morgan fingerprint density at radius 3 is 2.04 bits per heavy atom. The molecule has 1 aromatic heterocycles. The summed E-state index contributed by atoms with van der Waals surface area (Å²) in [5.41, 5.74) is 1.08. The van der Waals surface area contributed by atoms with E-state index < -0.39 is 0 Å². The second-order valence-corrected chi connectivity index (χ2v) is 6.05. The highest BCUT2D eigenvalue weighted by Gasteiger charge is 2.20. The van der Waals surface area contributed by atoms with Crippen molar-refractivity contribution in [3.05, 3.63) is 41.6 Å². The maximum atomic E-state index is 12.5. The summed E-state index contributed by atoms with van der Waals surface area (Å²) >= 11 is 0. The van der Waals surface area contributed by atoms with E-state index in [2.05, 4.69) is 36.3 Å². The molecule has 0 aliphatic carbocycles. The zero-order chi connectivity index (χ0) is 17.0. The maximum absolute atomic E-state index is 12.5. The van der Waals surface area contributed by atoms with E-state index in [4.69, 9.17) is 9.47 Å². The predicted molar refractivity (Wildman–Crippen MR) is 88.2 cm³/mol. The second-order valence-electron chi connectivity index (χ2n) is 6.05. The molecule has 1 heterocycles. The van der Waals surface area contributed by atoms with Gasteiger partial charge in [-0.25, -0.2) is 0 Å². The van der Waals surface area contributed by atoms with Crippen molar-refractivity contribution in [3.63, 3.8) is 0 Å². The molecule has 6 heteroatoms. The smallest absolute Gasteiger partial charge is 0.264 e. The summed E-state index contributed by atoms with van der Waals surface area (Å²) in [7, 11) is 3.01. The van der Waals surface area contributed by atoms with E-state index in [0.717, 1.165) is 5.69 Å². The van der Waals surface area contributed by atoms with E-state index in [1.54, 1.807) is 24.3 Å². The van der Waals surface area contributed by atoms with Crippen LogP contribution in [-0.4, -0.2) is 30.3 Å². The Bertz CT molecular complexity index is 669. The van der Waals surface area contributed by atoms with Crippen LogP contribution in [-0.2, 0) is 5.41 Å². The number of anilines is 1. The summed E-state index contributed by atoms with van der Waals surface area (Å²) in [5.74, 6) is 0.871. The van der Waals surface area contributed by atoms with Crippen LogP contribution in [0.3, 0.4) is 0 Å². The first-order chi connectivity index (χ1) is 10.9. The zero-order valence-electron chi connectivity index (χ0n) is 14.0. The van der Waals surface area contributed by atoms with Crippen molar-refractivity contribution >= 4 is 11.7 Å². The molecule has 0 saturated carbocycles. The standard InChI is InChI=1S/C17H21N3O3/c1-17(2,3)13-9-10-14(20-19-13)18-16(21)15-11(22-4)7-6-8-12(15)23-5/h6-10H,1-5H3,(H,18,20,21). The molecule has 2 rings (SSSR count). The minimum absolute atomic E-state index is 0.0958. The third-order valence-corrected chi connectivity index (χ3v) is 3.33. The number of carbonyl (C=O) groups excluding carboxylic acids is 1. The van der Waals surface area contributed by atoms with Crippen molar-refractivity contribution in [2.75, 3.05) is 19.5 Å². The lowest BCUT2D eigenvalue weighted by atomic mass is 9.92. The van der Waals surface area contributed by atoms with Crippen LogP contribution < -0.4 is 14.8 Å². The molecule has 1 N–H and O–H groups in total. The summed E-state index contributed by atoms with van der Waals surface area (Å²) in [4.78, 5) is 12.5. The molecule has 23 heavy (non-hydrogen) atoms. The maximum Gasteiger partial charge on any atom is 0.264 e. The number of hydrogen-bond donors (Lipinski definition) is 1. The number of hydrogen-bond acceptors (Lipinski definition) is 5. The van der Waals surface area contributed by atoms with Gasteiger partial charge in [-0.1, -0.05) is 26.8 Å². The fourth-order valence-corrected chi connectivity index (χ4v) is 2.05. The molecule has 0 aliphatic rings. The Morgan fingerprint density at radius 2 is 1.61 bits per heavy atom. The fraction of sp³-hybridized carbons (Fsp3) is 0.353. The summed E-state index contributed by atoms with van der Waals surface area (Å²) in [6.07, 6.45) is 0. The van der Waals surface area contributed by atoms with Crippen molar-refractivity contribution in [1.29, 1.82) is 0 Å². The van der Waals surface area contributed by atoms with Gasteiger partial charge in [0.05, 0.1) is 19.9 Å².